The van der Waals surface area contributed by atoms with Crippen molar-refractivity contribution in [3.63, 3.8) is 0 Å². The van der Waals surface area contributed by atoms with Gasteiger partial charge in [-0.3, -0.25) is 9.67 Å². The van der Waals surface area contributed by atoms with E-state index in [1.165, 1.54) is 12.4 Å². The summed E-state index contributed by atoms with van der Waals surface area (Å²) in [5.41, 5.74) is 7.21. The van der Waals surface area contributed by atoms with Crippen LogP contribution in [0.2, 0.25) is 0 Å². The SMILES string of the molecule is C=CCOc1cc2c(ccn2-c2n[nH]c3ncnc(N)c23)cc1F. The second kappa shape index (κ2) is 5.34. The number of ether oxygens (including phenoxy) is 1. The Morgan fingerprint density at radius 3 is 3.08 bits per heavy atom. The van der Waals surface area contributed by atoms with Crippen molar-refractivity contribution in [3.8, 4) is 11.6 Å². The molecule has 7 nitrogen and oxygen atoms in total. The zero-order valence-electron chi connectivity index (χ0n) is 12.5. The molecular weight excluding hydrogens is 311 g/mol. The van der Waals surface area contributed by atoms with Gasteiger partial charge in [-0.05, 0) is 12.1 Å². The second-order valence-corrected chi connectivity index (χ2v) is 5.16. The molecule has 0 atom stereocenters. The van der Waals surface area contributed by atoms with Crippen LogP contribution in [-0.4, -0.2) is 31.3 Å². The van der Waals surface area contributed by atoms with Crippen molar-refractivity contribution in [2.24, 2.45) is 0 Å². The molecule has 0 fully saturated rings. The molecule has 3 aromatic heterocycles. The first kappa shape index (κ1) is 14.2. The summed E-state index contributed by atoms with van der Waals surface area (Å²) in [4.78, 5) is 8.11. The molecule has 24 heavy (non-hydrogen) atoms. The van der Waals surface area contributed by atoms with E-state index in [0.29, 0.717) is 28.1 Å². The summed E-state index contributed by atoms with van der Waals surface area (Å²) < 4.78 is 21.2. The molecule has 0 radical (unpaired) electrons. The molecule has 1 aromatic carbocycles. The molecule has 3 heterocycles. The van der Waals surface area contributed by atoms with E-state index in [4.69, 9.17) is 10.5 Å². The molecule has 4 aromatic rings. The average molecular weight is 324 g/mol. The largest absolute Gasteiger partial charge is 0.486 e. The number of hydrogen-bond acceptors (Lipinski definition) is 5. The van der Waals surface area contributed by atoms with E-state index in [2.05, 4.69) is 26.7 Å². The van der Waals surface area contributed by atoms with Crippen LogP contribution < -0.4 is 10.5 Å². The molecule has 0 aliphatic heterocycles. The number of nitrogens with zero attached hydrogens (tertiary/aromatic N) is 4. The van der Waals surface area contributed by atoms with Crippen LogP contribution in [0.4, 0.5) is 10.2 Å². The van der Waals surface area contributed by atoms with Gasteiger partial charge in [0.2, 0.25) is 0 Å². The highest BCUT2D eigenvalue weighted by atomic mass is 19.1. The Balaban J connectivity index is 1.94. The van der Waals surface area contributed by atoms with Gasteiger partial charge in [-0.1, -0.05) is 12.7 Å². The number of nitrogen functional groups attached to an aromatic ring is 1. The maximum Gasteiger partial charge on any atom is 0.172 e. The summed E-state index contributed by atoms with van der Waals surface area (Å²) in [6.07, 6.45) is 4.70. The van der Waals surface area contributed by atoms with Crippen LogP contribution in [-0.2, 0) is 0 Å². The molecule has 3 N–H and O–H groups in total. The molecule has 120 valence electrons. The van der Waals surface area contributed by atoms with E-state index in [1.807, 2.05) is 0 Å². The van der Waals surface area contributed by atoms with E-state index in [9.17, 15) is 4.39 Å². The Labute approximate surface area is 135 Å². The molecule has 0 aliphatic carbocycles. The lowest BCUT2D eigenvalue weighted by Gasteiger charge is -2.07. The molecule has 0 aliphatic rings. The summed E-state index contributed by atoms with van der Waals surface area (Å²) in [5.74, 6) is 0.568. The van der Waals surface area contributed by atoms with E-state index in [1.54, 1.807) is 29.0 Å². The van der Waals surface area contributed by atoms with Crippen molar-refractivity contribution < 1.29 is 9.13 Å². The standard InChI is InChI=1S/C16H13FN6O/c1-2-5-24-12-7-11-9(6-10(12)17)3-4-23(11)16-13-14(18)19-8-20-15(13)21-22-16/h2-4,6-8H,1,5H2,(H3,18,19,20,21,22). The van der Waals surface area contributed by atoms with Gasteiger partial charge in [-0.25, -0.2) is 14.4 Å². The zero-order valence-corrected chi connectivity index (χ0v) is 12.5. The van der Waals surface area contributed by atoms with Crippen LogP contribution in [0.15, 0.2) is 43.4 Å². The smallest absolute Gasteiger partial charge is 0.172 e. The van der Waals surface area contributed by atoms with Crippen molar-refractivity contribution in [3.05, 3.63) is 49.2 Å². The molecule has 0 bridgehead atoms. The van der Waals surface area contributed by atoms with Crippen LogP contribution in [0.1, 0.15) is 0 Å². The maximum absolute atomic E-state index is 14.1. The minimum atomic E-state index is -0.433. The Bertz CT molecular complexity index is 1070. The van der Waals surface area contributed by atoms with Crippen molar-refractivity contribution >= 4 is 27.8 Å². The first-order valence-corrected chi connectivity index (χ1v) is 7.18. The van der Waals surface area contributed by atoms with Crippen molar-refractivity contribution in [1.29, 1.82) is 0 Å². The monoisotopic (exact) mass is 324 g/mol. The number of aromatic nitrogens is 5. The van der Waals surface area contributed by atoms with Gasteiger partial charge in [0.1, 0.15) is 24.1 Å². The summed E-state index contributed by atoms with van der Waals surface area (Å²) in [6, 6.07) is 4.82. The third-order valence-electron chi connectivity index (χ3n) is 3.70. The summed E-state index contributed by atoms with van der Waals surface area (Å²) in [5, 5.41) is 8.41. The van der Waals surface area contributed by atoms with Crippen LogP contribution in [0.5, 0.6) is 5.75 Å². The molecule has 0 amide bonds. The molecule has 4 rings (SSSR count). The van der Waals surface area contributed by atoms with Crippen molar-refractivity contribution in [1.82, 2.24) is 24.7 Å². The fraction of sp³-hybridized carbons (Fsp3) is 0.0625. The van der Waals surface area contributed by atoms with Crippen molar-refractivity contribution in [2.45, 2.75) is 0 Å². The number of anilines is 1. The number of nitrogens with one attached hydrogen (secondary N) is 1. The second-order valence-electron chi connectivity index (χ2n) is 5.16. The van der Waals surface area contributed by atoms with Crippen LogP contribution in [0, 0.1) is 5.82 Å². The summed E-state index contributed by atoms with van der Waals surface area (Å²) >= 11 is 0. The topological polar surface area (TPSA) is 94.6 Å². The van der Waals surface area contributed by atoms with Gasteiger partial charge in [-0.2, -0.15) is 5.10 Å². The fourth-order valence-corrected chi connectivity index (χ4v) is 2.62. The number of H-pyrrole nitrogens is 1. The Morgan fingerprint density at radius 2 is 2.25 bits per heavy atom. The molecule has 0 unspecified atom stereocenters. The molecule has 0 saturated carbocycles. The number of benzene rings is 1. The van der Waals surface area contributed by atoms with E-state index in [0.717, 1.165) is 5.52 Å². The number of aromatic amines is 1. The minimum absolute atomic E-state index is 0.145. The maximum atomic E-state index is 14.1. The molecule has 0 saturated heterocycles. The Kier molecular flexibility index (Phi) is 3.16. The Morgan fingerprint density at radius 1 is 1.38 bits per heavy atom. The highest BCUT2D eigenvalue weighted by Gasteiger charge is 2.16. The van der Waals surface area contributed by atoms with Gasteiger partial charge >= 0.3 is 0 Å². The van der Waals surface area contributed by atoms with Crippen LogP contribution >= 0.6 is 0 Å². The number of hydrogen-bond donors (Lipinski definition) is 2. The first-order valence-electron chi connectivity index (χ1n) is 7.18. The summed E-state index contributed by atoms with van der Waals surface area (Å²) in [6.45, 7) is 3.78. The number of halogens is 1. The molecule has 8 heteroatoms. The third-order valence-corrected chi connectivity index (χ3v) is 3.70. The van der Waals surface area contributed by atoms with Gasteiger partial charge in [0.25, 0.3) is 0 Å². The van der Waals surface area contributed by atoms with Gasteiger partial charge in [0, 0.05) is 17.6 Å². The van der Waals surface area contributed by atoms with E-state index < -0.39 is 5.82 Å². The van der Waals surface area contributed by atoms with Crippen LogP contribution in [0.25, 0.3) is 27.8 Å². The molecule has 0 spiro atoms. The number of nitrogens with two attached hydrogens (primary N) is 1. The minimum Gasteiger partial charge on any atom is -0.486 e. The van der Waals surface area contributed by atoms with Gasteiger partial charge < -0.3 is 10.5 Å². The van der Waals surface area contributed by atoms with Crippen LogP contribution in [0.3, 0.4) is 0 Å². The molecular formula is C16H13FN6O. The average Bonchev–Trinajstić information content (AvgIpc) is 3.17. The lowest BCUT2D eigenvalue weighted by molar-refractivity contribution is 0.342. The lowest BCUT2D eigenvalue weighted by Crippen LogP contribution is -1.99. The zero-order chi connectivity index (χ0) is 16.7. The highest BCUT2D eigenvalue weighted by molar-refractivity contribution is 5.94. The van der Waals surface area contributed by atoms with E-state index in [-0.39, 0.29) is 12.4 Å². The lowest BCUT2D eigenvalue weighted by atomic mass is 10.2. The number of fused-ring (bicyclic) bond motifs is 2. The predicted octanol–water partition coefficient (Wildman–Crippen LogP) is 2.58. The van der Waals surface area contributed by atoms with Gasteiger partial charge in [0.15, 0.2) is 23.0 Å². The van der Waals surface area contributed by atoms with E-state index >= 15 is 0 Å². The number of rotatable bonds is 4. The third kappa shape index (κ3) is 2.08. The predicted molar refractivity (Wildman–Crippen MR) is 88.6 cm³/mol. The summed E-state index contributed by atoms with van der Waals surface area (Å²) in [7, 11) is 0. The van der Waals surface area contributed by atoms with Gasteiger partial charge in [0.05, 0.1) is 5.52 Å². The fourth-order valence-electron chi connectivity index (χ4n) is 2.62. The highest BCUT2D eigenvalue weighted by Crippen LogP contribution is 2.30. The van der Waals surface area contributed by atoms with Gasteiger partial charge in [-0.15, -0.1) is 0 Å². The first-order chi connectivity index (χ1) is 11.7. The quantitative estimate of drug-likeness (QED) is 0.563. The van der Waals surface area contributed by atoms with Crippen molar-refractivity contribution in [2.75, 3.05) is 12.3 Å². The Hall–Kier alpha value is -3.42. The normalized spacial score (nSPS) is 11.2.